The first-order valence-electron chi connectivity index (χ1n) is 5.13. The minimum Gasteiger partial charge on any atom is -0.361 e. The van der Waals surface area contributed by atoms with Gasteiger partial charge in [-0.05, 0) is 22.4 Å². The third-order valence-electron chi connectivity index (χ3n) is 1.92. The Bertz CT molecular complexity index is 370. The second-order valence-electron chi connectivity index (χ2n) is 3.27. The summed E-state index contributed by atoms with van der Waals surface area (Å²) in [7, 11) is 1.60. The standard InChI is InChI=1S/C10H15BrN4O/c1-3-4-8-14-7(11)5-9(15-8)13-6-10(16)12-2/h5H,3-4,6H2,1-2H3,(H,12,16)(H,13,14,15). The molecule has 88 valence electrons. The number of nitrogens with zero attached hydrogens (tertiary/aromatic N) is 2. The van der Waals surface area contributed by atoms with Crippen LogP contribution in [0.1, 0.15) is 19.2 Å². The summed E-state index contributed by atoms with van der Waals surface area (Å²) in [5, 5.41) is 5.47. The lowest BCUT2D eigenvalue weighted by molar-refractivity contribution is -0.118. The maximum atomic E-state index is 11.1. The van der Waals surface area contributed by atoms with Crippen molar-refractivity contribution in [3.05, 3.63) is 16.5 Å². The number of likely N-dealkylation sites (N-methyl/N-ethyl adjacent to an activating group) is 1. The maximum Gasteiger partial charge on any atom is 0.239 e. The van der Waals surface area contributed by atoms with Gasteiger partial charge in [0.2, 0.25) is 5.91 Å². The summed E-state index contributed by atoms with van der Waals surface area (Å²) in [4.78, 5) is 19.6. The van der Waals surface area contributed by atoms with Crippen LogP contribution in [0.3, 0.4) is 0 Å². The highest BCUT2D eigenvalue weighted by molar-refractivity contribution is 9.10. The minimum atomic E-state index is -0.0771. The van der Waals surface area contributed by atoms with E-state index in [0.717, 1.165) is 23.3 Å². The first kappa shape index (κ1) is 12.9. The van der Waals surface area contributed by atoms with Crippen LogP contribution in [0.15, 0.2) is 10.7 Å². The molecule has 1 rings (SSSR count). The van der Waals surface area contributed by atoms with Crippen molar-refractivity contribution >= 4 is 27.7 Å². The van der Waals surface area contributed by atoms with Gasteiger partial charge in [0.15, 0.2) is 0 Å². The molecule has 1 aromatic rings. The van der Waals surface area contributed by atoms with Crippen LogP contribution in [0.5, 0.6) is 0 Å². The molecule has 2 N–H and O–H groups in total. The molecule has 6 heteroatoms. The van der Waals surface area contributed by atoms with Crippen LogP contribution in [-0.2, 0) is 11.2 Å². The van der Waals surface area contributed by atoms with E-state index in [-0.39, 0.29) is 12.5 Å². The van der Waals surface area contributed by atoms with Gasteiger partial charge in [0, 0.05) is 19.5 Å². The number of rotatable bonds is 5. The molecule has 16 heavy (non-hydrogen) atoms. The lowest BCUT2D eigenvalue weighted by Crippen LogP contribution is -2.26. The van der Waals surface area contributed by atoms with Gasteiger partial charge in [-0.3, -0.25) is 4.79 Å². The number of hydrogen-bond acceptors (Lipinski definition) is 4. The fourth-order valence-corrected chi connectivity index (χ4v) is 1.57. The van der Waals surface area contributed by atoms with Crippen LogP contribution in [0, 0.1) is 0 Å². The molecule has 0 saturated heterocycles. The van der Waals surface area contributed by atoms with Gasteiger partial charge in [0.25, 0.3) is 0 Å². The van der Waals surface area contributed by atoms with Crippen LogP contribution >= 0.6 is 15.9 Å². The summed E-state index contributed by atoms with van der Waals surface area (Å²) < 4.78 is 0.727. The largest absolute Gasteiger partial charge is 0.361 e. The molecule has 1 heterocycles. The van der Waals surface area contributed by atoms with Crippen LogP contribution in [0.4, 0.5) is 5.82 Å². The lowest BCUT2D eigenvalue weighted by atomic mass is 10.3. The van der Waals surface area contributed by atoms with Gasteiger partial charge in [-0.25, -0.2) is 9.97 Å². The fourth-order valence-electron chi connectivity index (χ4n) is 1.15. The molecule has 0 fully saturated rings. The van der Waals surface area contributed by atoms with E-state index in [1.807, 2.05) is 0 Å². The minimum absolute atomic E-state index is 0.0771. The Morgan fingerprint density at radius 1 is 1.50 bits per heavy atom. The number of carbonyl (C=O) groups excluding carboxylic acids is 1. The molecular formula is C10H15BrN4O. The Labute approximate surface area is 103 Å². The van der Waals surface area contributed by atoms with Crippen molar-refractivity contribution in [2.45, 2.75) is 19.8 Å². The molecule has 5 nitrogen and oxygen atoms in total. The van der Waals surface area contributed by atoms with Crippen molar-refractivity contribution < 1.29 is 4.79 Å². The van der Waals surface area contributed by atoms with Crippen LogP contribution in [-0.4, -0.2) is 29.5 Å². The predicted octanol–water partition coefficient (Wildman–Crippen LogP) is 1.35. The molecule has 1 amide bonds. The topological polar surface area (TPSA) is 66.9 Å². The first-order valence-corrected chi connectivity index (χ1v) is 5.93. The normalized spacial score (nSPS) is 9.94. The summed E-state index contributed by atoms with van der Waals surface area (Å²) in [6, 6.07) is 1.75. The molecule has 1 aromatic heterocycles. The van der Waals surface area contributed by atoms with Gasteiger partial charge < -0.3 is 10.6 Å². The van der Waals surface area contributed by atoms with Gasteiger partial charge in [0.05, 0.1) is 6.54 Å². The molecule has 0 saturated carbocycles. The molecule has 0 aromatic carbocycles. The van der Waals surface area contributed by atoms with E-state index in [4.69, 9.17) is 0 Å². The summed E-state index contributed by atoms with van der Waals surface area (Å²) in [6.45, 7) is 2.29. The van der Waals surface area contributed by atoms with E-state index in [2.05, 4.69) is 43.5 Å². The number of carbonyl (C=O) groups is 1. The van der Waals surface area contributed by atoms with Crippen molar-refractivity contribution in [1.82, 2.24) is 15.3 Å². The molecule has 0 unspecified atom stereocenters. The predicted molar refractivity (Wildman–Crippen MR) is 66.3 cm³/mol. The molecule has 0 aliphatic heterocycles. The molecular weight excluding hydrogens is 272 g/mol. The summed E-state index contributed by atoms with van der Waals surface area (Å²) in [5.41, 5.74) is 0. The molecule has 0 atom stereocenters. The second-order valence-corrected chi connectivity index (χ2v) is 4.08. The monoisotopic (exact) mass is 286 g/mol. The van der Waals surface area contributed by atoms with Crippen LogP contribution < -0.4 is 10.6 Å². The smallest absolute Gasteiger partial charge is 0.239 e. The maximum absolute atomic E-state index is 11.1. The highest BCUT2D eigenvalue weighted by Gasteiger charge is 2.03. The Balaban J connectivity index is 2.68. The zero-order valence-corrected chi connectivity index (χ0v) is 11.0. The highest BCUT2D eigenvalue weighted by atomic mass is 79.9. The Hall–Kier alpha value is -1.17. The van der Waals surface area contributed by atoms with Crippen molar-refractivity contribution in [2.24, 2.45) is 0 Å². The molecule has 0 bridgehead atoms. The van der Waals surface area contributed by atoms with E-state index < -0.39 is 0 Å². The van der Waals surface area contributed by atoms with E-state index in [1.54, 1.807) is 13.1 Å². The Kier molecular flexibility index (Phi) is 5.18. The van der Waals surface area contributed by atoms with E-state index in [1.165, 1.54) is 0 Å². The van der Waals surface area contributed by atoms with Gasteiger partial charge in [-0.15, -0.1) is 0 Å². The number of halogens is 1. The van der Waals surface area contributed by atoms with Gasteiger partial charge in [0.1, 0.15) is 16.2 Å². The summed E-state index contributed by atoms with van der Waals surface area (Å²) in [5.74, 6) is 1.36. The van der Waals surface area contributed by atoms with E-state index in [9.17, 15) is 4.79 Å². The van der Waals surface area contributed by atoms with E-state index in [0.29, 0.717) is 5.82 Å². The number of nitrogens with one attached hydrogen (secondary N) is 2. The highest BCUT2D eigenvalue weighted by Crippen LogP contribution is 2.12. The van der Waals surface area contributed by atoms with E-state index >= 15 is 0 Å². The van der Waals surface area contributed by atoms with Gasteiger partial charge in [-0.1, -0.05) is 6.92 Å². The average molecular weight is 287 g/mol. The summed E-state index contributed by atoms with van der Waals surface area (Å²) in [6.07, 6.45) is 1.82. The molecule has 0 aliphatic rings. The third-order valence-corrected chi connectivity index (χ3v) is 2.33. The van der Waals surface area contributed by atoms with Gasteiger partial charge in [-0.2, -0.15) is 0 Å². The quantitative estimate of drug-likeness (QED) is 0.802. The fraction of sp³-hybridized carbons (Fsp3) is 0.500. The number of aromatic nitrogens is 2. The Morgan fingerprint density at radius 2 is 2.25 bits per heavy atom. The zero-order valence-electron chi connectivity index (χ0n) is 9.38. The van der Waals surface area contributed by atoms with Crippen LogP contribution in [0.2, 0.25) is 0 Å². The Morgan fingerprint density at radius 3 is 2.88 bits per heavy atom. The van der Waals surface area contributed by atoms with Crippen molar-refractivity contribution in [2.75, 3.05) is 18.9 Å². The number of aryl methyl sites for hydroxylation is 1. The summed E-state index contributed by atoms with van der Waals surface area (Å²) >= 11 is 3.32. The molecule has 0 spiro atoms. The second kappa shape index (κ2) is 6.42. The number of hydrogen-bond donors (Lipinski definition) is 2. The van der Waals surface area contributed by atoms with Crippen molar-refractivity contribution in [3.8, 4) is 0 Å². The van der Waals surface area contributed by atoms with Crippen molar-refractivity contribution in [3.63, 3.8) is 0 Å². The molecule has 0 aliphatic carbocycles. The molecule has 0 radical (unpaired) electrons. The van der Waals surface area contributed by atoms with Gasteiger partial charge >= 0.3 is 0 Å². The zero-order chi connectivity index (χ0) is 12.0. The number of anilines is 1. The number of amides is 1. The van der Waals surface area contributed by atoms with Crippen LogP contribution in [0.25, 0.3) is 0 Å². The van der Waals surface area contributed by atoms with Crippen molar-refractivity contribution in [1.29, 1.82) is 0 Å². The average Bonchev–Trinajstić information content (AvgIpc) is 2.25. The third kappa shape index (κ3) is 4.14. The first-order chi connectivity index (χ1) is 7.65. The lowest BCUT2D eigenvalue weighted by Gasteiger charge is -2.06. The SMILES string of the molecule is CCCc1nc(Br)cc(NCC(=O)NC)n1.